The molecule has 0 aliphatic rings. The third-order valence-electron chi connectivity index (χ3n) is 4.08. The summed E-state index contributed by atoms with van der Waals surface area (Å²) in [6.45, 7) is 11.7. The van der Waals surface area contributed by atoms with Crippen molar-refractivity contribution in [3.8, 4) is 0 Å². The van der Waals surface area contributed by atoms with E-state index in [2.05, 4.69) is 62.1 Å². The normalized spacial score (nSPS) is 12.7. The van der Waals surface area contributed by atoms with Crippen LogP contribution in [0.1, 0.15) is 39.2 Å². The number of rotatable bonds is 7. The predicted octanol–water partition coefficient (Wildman–Crippen LogP) is 6.14. The fourth-order valence-corrected chi connectivity index (χ4v) is 2.75. The summed E-state index contributed by atoms with van der Waals surface area (Å²) in [6, 6.07) is 10.2. The van der Waals surface area contributed by atoms with Crippen molar-refractivity contribution in [3.63, 3.8) is 0 Å². The van der Waals surface area contributed by atoms with Crippen LogP contribution in [0.25, 0.3) is 16.2 Å². The molecule has 1 rings (SSSR count). The fraction of sp³-hybridized carbons (Fsp3) is 0.529. The van der Waals surface area contributed by atoms with Gasteiger partial charge in [0.15, 0.2) is 0 Å². The van der Waals surface area contributed by atoms with Gasteiger partial charge in [0.05, 0.1) is 0 Å². The number of hydrogen-bond donors (Lipinski definition) is 0. The fourth-order valence-electron chi connectivity index (χ4n) is 1.69. The maximum Gasteiger partial charge on any atom is 0.250 e. The molecule has 22 heavy (non-hydrogen) atoms. The van der Waals surface area contributed by atoms with Gasteiger partial charge in [-0.05, 0) is 42.6 Å². The second kappa shape index (κ2) is 8.06. The van der Waals surface area contributed by atoms with E-state index in [9.17, 15) is 0 Å². The van der Waals surface area contributed by atoms with E-state index in [0.29, 0.717) is 6.54 Å². The number of unbranched alkanes of at least 4 members (excludes halogenated alkanes) is 1. The topological polar surface area (TPSA) is 58.0 Å². The molecule has 1 aromatic rings. The van der Waals surface area contributed by atoms with E-state index >= 15 is 0 Å². The van der Waals surface area contributed by atoms with Crippen molar-refractivity contribution in [2.75, 3.05) is 6.54 Å². The third kappa shape index (κ3) is 5.58. The Balaban J connectivity index is 2.93. The van der Waals surface area contributed by atoms with Gasteiger partial charge in [-0.3, -0.25) is 0 Å². The van der Waals surface area contributed by atoms with Crippen molar-refractivity contribution in [1.29, 1.82) is 0 Å². The van der Waals surface area contributed by atoms with Gasteiger partial charge in [0.2, 0.25) is 8.32 Å². The first-order chi connectivity index (χ1) is 10.3. The molecule has 0 spiro atoms. The van der Waals surface area contributed by atoms with Gasteiger partial charge >= 0.3 is 0 Å². The summed E-state index contributed by atoms with van der Waals surface area (Å²) in [6.07, 6.45) is 3.81. The zero-order valence-corrected chi connectivity index (χ0v) is 15.3. The summed E-state index contributed by atoms with van der Waals surface area (Å²) in [4.78, 5) is 2.78. The summed E-state index contributed by atoms with van der Waals surface area (Å²) >= 11 is 0. The van der Waals surface area contributed by atoms with Crippen LogP contribution in [-0.2, 0) is 4.43 Å². The van der Waals surface area contributed by atoms with Crippen molar-refractivity contribution in [3.05, 3.63) is 52.4 Å². The standard InChI is InChI=1S/C17H27N3OSi/c1-17(2,3)22(4,5)21-16(13-9-10-14-19-20-18)15-11-7-6-8-12-15/h6-8,11-13H,9-10,14H2,1-5H3/b16-13+. The molecule has 0 fully saturated rings. The quantitative estimate of drug-likeness (QED) is 0.149. The molecule has 0 aliphatic carbocycles. The molecule has 0 amide bonds. The summed E-state index contributed by atoms with van der Waals surface area (Å²) in [5.41, 5.74) is 9.43. The Morgan fingerprint density at radius 1 is 1.27 bits per heavy atom. The molecular weight excluding hydrogens is 290 g/mol. The smallest absolute Gasteiger partial charge is 0.250 e. The van der Waals surface area contributed by atoms with Crippen LogP contribution < -0.4 is 0 Å². The minimum absolute atomic E-state index is 0.159. The molecule has 0 radical (unpaired) electrons. The van der Waals surface area contributed by atoms with E-state index in [1.165, 1.54) is 0 Å². The first-order valence-electron chi connectivity index (χ1n) is 7.73. The molecule has 0 aromatic heterocycles. The molecule has 0 atom stereocenters. The zero-order valence-electron chi connectivity index (χ0n) is 14.3. The number of allylic oxidation sites excluding steroid dienone is 1. The van der Waals surface area contributed by atoms with Crippen LogP contribution in [0, 0.1) is 0 Å². The van der Waals surface area contributed by atoms with Gasteiger partial charge in [0.25, 0.3) is 0 Å². The highest BCUT2D eigenvalue weighted by molar-refractivity contribution is 6.74. The maximum atomic E-state index is 8.32. The lowest BCUT2D eigenvalue weighted by Gasteiger charge is -2.37. The van der Waals surface area contributed by atoms with Gasteiger partial charge in [0, 0.05) is 17.0 Å². The third-order valence-corrected chi connectivity index (χ3v) is 8.43. The zero-order chi connectivity index (χ0) is 16.6. The Hall–Kier alpha value is -1.71. The monoisotopic (exact) mass is 317 g/mol. The molecular formula is C17H27N3OSi. The largest absolute Gasteiger partial charge is 0.543 e. The average molecular weight is 318 g/mol. The number of azide groups is 1. The molecule has 0 aliphatic heterocycles. The minimum Gasteiger partial charge on any atom is -0.543 e. The molecule has 4 nitrogen and oxygen atoms in total. The summed E-state index contributed by atoms with van der Waals surface area (Å²) in [5.74, 6) is 0.952. The van der Waals surface area contributed by atoms with E-state index in [1.807, 2.05) is 18.2 Å². The minimum atomic E-state index is -1.88. The van der Waals surface area contributed by atoms with E-state index in [1.54, 1.807) is 0 Å². The SMILES string of the molecule is CC(C)(C)[Si](C)(C)O/C(=C/CCCN=[N+]=[N-])c1ccccc1. The number of nitrogens with zero attached hydrogens (tertiary/aromatic N) is 3. The first kappa shape index (κ1) is 18.3. The highest BCUT2D eigenvalue weighted by Crippen LogP contribution is 2.39. The van der Waals surface area contributed by atoms with Crippen LogP contribution in [-0.4, -0.2) is 14.9 Å². The molecule has 0 saturated carbocycles. The van der Waals surface area contributed by atoms with Crippen LogP contribution >= 0.6 is 0 Å². The predicted molar refractivity (Wildman–Crippen MR) is 95.9 cm³/mol. The van der Waals surface area contributed by atoms with Crippen molar-refractivity contribution < 1.29 is 4.43 Å². The average Bonchev–Trinajstić information content (AvgIpc) is 2.45. The Labute approximate surface area is 135 Å². The van der Waals surface area contributed by atoms with E-state index in [0.717, 1.165) is 24.2 Å². The van der Waals surface area contributed by atoms with E-state index < -0.39 is 8.32 Å². The lowest BCUT2D eigenvalue weighted by Crippen LogP contribution is -2.40. The molecule has 1 aromatic carbocycles. The Morgan fingerprint density at radius 3 is 2.45 bits per heavy atom. The van der Waals surface area contributed by atoms with Gasteiger partial charge in [-0.2, -0.15) is 0 Å². The molecule has 0 bridgehead atoms. The molecule has 0 heterocycles. The van der Waals surface area contributed by atoms with Crippen LogP contribution in [0.15, 0.2) is 41.5 Å². The molecule has 0 unspecified atom stereocenters. The number of benzene rings is 1. The van der Waals surface area contributed by atoms with Crippen molar-refractivity contribution in [1.82, 2.24) is 0 Å². The lowest BCUT2D eigenvalue weighted by molar-refractivity contribution is 0.456. The lowest BCUT2D eigenvalue weighted by atomic mass is 10.1. The maximum absolute atomic E-state index is 8.32. The molecule has 5 heteroatoms. The molecule has 0 saturated heterocycles. The van der Waals surface area contributed by atoms with Gasteiger partial charge < -0.3 is 4.43 Å². The second-order valence-electron chi connectivity index (χ2n) is 6.89. The molecule has 0 N–H and O–H groups in total. The van der Waals surface area contributed by atoms with Crippen molar-refractivity contribution in [2.24, 2.45) is 5.11 Å². The van der Waals surface area contributed by atoms with Gasteiger partial charge in [-0.25, -0.2) is 0 Å². The number of hydrogen-bond acceptors (Lipinski definition) is 2. The van der Waals surface area contributed by atoms with Crippen LogP contribution in [0.2, 0.25) is 18.1 Å². The van der Waals surface area contributed by atoms with Gasteiger partial charge in [-0.15, -0.1) is 0 Å². The Kier molecular flexibility index (Phi) is 6.72. The summed E-state index contributed by atoms with van der Waals surface area (Å²) in [5, 5.41) is 3.73. The second-order valence-corrected chi connectivity index (χ2v) is 11.6. The first-order valence-corrected chi connectivity index (χ1v) is 10.6. The van der Waals surface area contributed by atoms with Gasteiger partial charge in [0.1, 0.15) is 5.76 Å². The summed E-state index contributed by atoms with van der Waals surface area (Å²) in [7, 11) is -1.88. The van der Waals surface area contributed by atoms with E-state index in [4.69, 9.17) is 9.96 Å². The van der Waals surface area contributed by atoms with Crippen LogP contribution in [0.5, 0.6) is 0 Å². The van der Waals surface area contributed by atoms with Crippen molar-refractivity contribution >= 4 is 14.1 Å². The van der Waals surface area contributed by atoms with Crippen LogP contribution in [0.3, 0.4) is 0 Å². The Morgan fingerprint density at radius 2 is 1.91 bits per heavy atom. The van der Waals surface area contributed by atoms with Crippen molar-refractivity contribution in [2.45, 2.75) is 51.7 Å². The summed E-state index contributed by atoms with van der Waals surface area (Å²) < 4.78 is 6.49. The highest BCUT2D eigenvalue weighted by Gasteiger charge is 2.39. The van der Waals surface area contributed by atoms with E-state index in [-0.39, 0.29) is 5.04 Å². The molecule has 120 valence electrons. The Bertz CT molecular complexity index is 541. The highest BCUT2D eigenvalue weighted by atomic mass is 28.4. The van der Waals surface area contributed by atoms with Gasteiger partial charge in [-0.1, -0.05) is 56.2 Å². The van der Waals surface area contributed by atoms with Crippen LogP contribution in [0.4, 0.5) is 0 Å².